The van der Waals surface area contributed by atoms with Crippen molar-refractivity contribution in [2.24, 2.45) is 0 Å². The number of aromatic nitrogens is 3. The molecule has 5 aromatic rings. The Kier molecular flexibility index (Phi) is 6.80. The molecule has 2 aromatic carbocycles. The second-order valence-electron chi connectivity index (χ2n) is 9.39. The summed E-state index contributed by atoms with van der Waals surface area (Å²) in [6.07, 6.45) is 4.84. The van der Waals surface area contributed by atoms with Crippen molar-refractivity contribution in [3.05, 3.63) is 72.3 Å². The Balaban J connectivity index is 1.39. The van der Waals surface area contributed by atoms with Gasteiger partial charge in [0.25, 0.3) is 5.91 Å². The second kappa shape index (κ2) is 10.4. The van der Waals surface area contributed by atoms with E-state index in [2.05, 4.69) is 10.3 Å². The summed E-state index contributed by atoms with van der Waals surface area (Å²) in [5, 5.41) is 22.0. The number of carbonyl (C=O) groups excluding carboxylic acids is 1. The first-order valence-corrected chi connectivity index (χ1v) is 12.2. The Labute approximate surface area is 222 Å². The third-order valence-electron chi connectivity index (χ3n) is 6.38. The molecule has 39 heavy (non-hydrogen) atoms. The molecule has 3 heterocycles. The number of amides is 1. The van der Waals surface area contributed by atoms with Gasteiger partial charge in [-0.2, -0.15) is 0 Å². The number of hydrogen-bond acceptors (Lipinski definition) is 6. The Hall–Kier alpha value is -5.06. The molecule has 5 rings (SSSR count). The van der Waals surface area contributed by atoms with E-state index in [1.165, 1.54) is 0 Å². The number of ether oxygens (including phenoxy) is 1. The van der Waals surface area contributed by atoms with Crippen LogP contribution in [-0.4, -0.2) is 55.2 Å². The lowest BCUT2D eigenvalue weighted by molar-refractivity contribution is -0.140. The van der Waals surface area contributed by atoms with Crippen LogP contribution in [0.15, 0.2) is 65.6 Å². The highest BCUT2D eigenvalue weighted by Crippen LogP contribution is 2.29. The summed E-state index contributed by atoms with van der Waals surface area (Å²) in [6.45, 7) is 3.58. The van der Waals surface area contributed by atoms with Crippen molar-refractivity contribution in [2.45, 2.75) is 32.4 Å². The summed E-state index contributed by atoms with van der Waals surface area (Å²) in [6, 6.07) is 10.8. The maximum Gasteiger partial charge on any atom is 0.341 e. The van der Waals surface area contributed by atoms with Gasteiger partial charge in [-0.3, -0.25) is 4.79 Å². The number of H-pyrrole nitrogens is 1. The molecule has 1 atom stereocenters. The van der Waals surface area contributed by atoms with Gasteiger partial charge in [-0.15, -0.1) is 0 Å². The number of hydrogen-bond donors (Lipinski definition) is 4. The van der Waals surface area contributed by atoms with Gasteiger partial charge in [0.2, 0.25) is 0 Å². The molecule has 11 heteroatoms. The van der Waals surface area contributed by atoms with Crippen LogP contribution in [0, 0.1) is 0 Å². The van der Waals surface area contributed by atoms with E-state index in [0.717, 1.165) is 16.6 Å². The van der Waals surface area contributed by atoms with Crippen molar-refractivity contribution in [3.63, 3.8) is 0 Å². The average molecular weight is 531 g/mol. The predicted molar refractivity (Wildman–Crippen MR) is 142 cm³/mol. The number of fused-ring (bicyclic) bond motifs is 2. The van der Waals surface area contributed by atoms with Gasteiger partial charge in [-0.25, -0.2) is 14.6 Å². The van der Waals surface area contributed by atoms with Gasteiger partial charge < -0.3 is 34.2 Å². The van der Waals surface area contributed by atoms with Gasteiger partial charge >= 0.3 is 11.9 Å². The summed E-state index contributed by atoms with van der Waals surface area (Å²) in [4.78, 5) is 43.8. The van der Waals surface area contributed by atoms with Crippen molar-refractivity contribution in [1.29, 1.82) is 0 Å². The normalized spacial score (nSPS) is 12.2. The third-order valence-corrected chi connectivity index (χ3v) is 6.38. The monoisotopic (exact) mass is 530 g/mol. The van der Waals surface area contributed by atoms with Crippen LogP contribution >= 0.6 is 0 Å². The molecule has 1 amide bonds. The number of carbonyl (C=O) groups is 3. The smallest absolute Gasteiger partial charge is 0.341 e. The number of benzene rings is 2. The minimum absolute atomic E-state index is 0.00167. The summed E-state index contributed by atoms with van der Waals surface area (Å²) >= 11 is 0. The number of aromatic amines is 1. The minimum atomic E-state index is -1.22. The lowest BCUT2D eigenvalue weighted by Gasteiger charge is -2.15. The number of nitrogens with zero attached hydrogens (tertiary/aromatic N) is 2. The second-order valence-corrected chi connectivity index (χ2v) is 9.39. The molecule has 200 valence electrons. The Morgan fingerprint density at radius 1 is 1.13 bits per heavy atom. The van der Waals surface area contributed by atoms with E-state index >= 15 is 0 Å². The molecule has 0 fully saturated rings. The van der Waals surface area contributed by atoms with Crippen molar-refractivity contribution in [1.82, 2.24) is 19.9 Å². The van der Waals surface area contributed by atoms with E-state index in [1.54, 1.807) is 55.1 Å². The fourth-order valence-electron chi connectivity index (χ4n) is 4.58. The zero-order valence-corrected chi connectivity index (χ0v) is 21.2. The van der Waals surface area contributed by atoms with E-state index in [0.29, 0.717) is 28.0 Å². The maximum atomic E-state index is 13.1. The minimum Gasteiger partial charge on any atom is -0.482 e. The Morgan fingerprint density at radius 2 is 1.95 bits per heavy atom. The van der Waals surface area contributed by atoms with Crippen molar-refractivity contribution in [3.8, 4) is 17.1 Å². The highest BCUT2D eigenvalue weighted by Gasteiger charge is 2.24. The molecular weight excluding hydrogens is 504 g/mol. The molecule has 0 aliphatic rings. The standard InChI is InChI=1S/C28H26N4O7/c1-15(2)32-24-6-3-16(9-22(24)30-26(32)17-7-8-38-13-17)27(35)31-23(28(36)37)10-18-12-29-21-5-4-19(11-20(18)21)39-14-25(33)34/h3-9,11-13,15,23,29H,10,14H2,1-2H3,(H,31,35)(H,33,34)(H,36,37)/t23-/m0/s1. The lowest BCUT2D eigenvalue weighted by Crippen LogP contribution is -2.42. The maximum absolute atomic E-state index is 13.1. The van der Waals surface area contributed by atoms with Crippen LogP contribution in [0.4, 0.5) is 0 Å². The van der Waals surface area contributed by atoms with E-state index in [-0.39, 0.29) is 18.0 Å². The predicted octanol–water partition coefficient (Wildman–Crippen LogP) is 4.25. The first-order chi connectivity index (χ1) is 18.7. The summed E-state index contributed by atoms with van der Waals surface area (Å²) in [5.74, 6) is -1.79. The molecule has 4 N–H and O–H groups in total. The van der Waals surface area contributed by atoms with Gasteiger partial charge in [0.1, 0.15) is 23.9 Å². The summed E-state index contributed by atoms with van der Waals surface area (Å²) in [7, 11) is 0. The highest BCUT2D eigenvalue weighted by atomic mass is 16.5. The third kappa shape index (κ3) is 5.19. The van der Waals surface area contributed by atoms with Crippen LogP contribution in [0.1, 0.15) is 35.8 Å². The van der Waals surface area contributed by atoms with E-state index in [4.69, 9.17) is 19.2 Å². The van der Waals surface area contributed by atoms with E-state index < -0.39 is 30.5 Å². The number of imidazole rings is 1. The number of nitrogens with one attached hydrogen (secondary N) is 2. The zero-order chi connectivity index (χ0) is 27.7. The number of carboxylic acid groups (broad SMARTS) is 2. The SMILES string of the molecule is CC(C)n1c(-c2ccoc2)nc2cc(C(=O)N[C@@H](Cc3c[nH]c4ccc(OCC(=O)O)cc34)C(=O)O)ccc21. The van der Waals surface area contributed by atoms with E-state index in [1.807, 2.05) is 24.5 Å². The molecule has 3 aromatic heterocycles. The highest BCUT2D eigenvalue weighted by molar-refractivity contribution is 6.00. The Morgan fingerprint density at radius 3 is 2.64 bits per heavy atom. The number of aliphatic carboxylic acids is 2. The van der Waals surface area contributed by atoms with Gasteiger partial charge in [-0.1, -0.05) is 0 Å². The van der Waals surface area contributed by atoms with Crippen molar-refractivity contribution in [2.75, 3.05) is 6.61 Å². The van der Waals surface area contributed by atoms with Crippen LogP contribution in [0.5, 0.6) is 5.75 Å². The largest absolute Gasteiger partial charge is 0.482 e. The van der Waals surface area contributed by atoms with Crippen LogP contribution < -0.4 is 10.1 Å². The molecule has 0 unspecified atom stereocenters. The molecule has 11 nitrogen and oxygen atoms in total. The summed E-state index contributed by atoms with van der Waals surface area (Å²) < 4.78 is 12.5. The Bertz CT molecular complexity index is 1680. The topological polar surface area (TPSA) is 160 Å². The summed E-state index contributed by atoms with van der Waals surface area (Å²) in [5.41, 5.74) is 3.89. The molecule has 0 bridgehead atoms. The number of rotatable bonds is 10. The van der Waals surface area contributed by atoms with Crippen LogP contribution in [0.3, 0.4) is 0 Å². The van der Waals surface area contributed by atoms with Crippen LogP contribution in [0.2, 0.25) is 0 Å². The van der Waals surface area contributed by atoms with Crippen molar-refractivity contribution >= 4 is 39.8 Å². The molecule has 0 saturated heterocycles. The first-order valence-electron chi connectivity index (χ1n) is 12.2. The molecule has 0 saturated carbocycles. The fourth-order valence-corrected chi connectivity index (χ4v) is 4.58. The molecule has 0 radical (unpaired) electrons. The van der Waals surface area contributed by atoms with Crippen LogP contribution in [0.25, 0.3) is 33.3 Å². The number of furan rings is 1. The molecule has 0 aliphatic carbocycles. The average Bonchev–Trinajstić information content (AvgIpc) is 3.64. The van der Waals surface area contributed by atoms with Gasteiger partial charge in [-0.05, 0) is 61.9 Å². The lowest BCUT2D eigenvalue weighted by atomic mass is 10.0. The number of carboxylic acids is 2. The first kappa shape index (κ1) is 25.6. The van der Waals surface area contributed by atoms with Gasteiger partial charge in [0.15, 0.2) is 6.61 Å². The van der Waals surface area contributed by atoms with Crippen LogP contribution in [-0.2, 0) is 16.0 Å². The molecule has 0 aliphatic heterocycles. The quantitative estimate of drug-likeness (QED) is 0.208. The molecular formula is C28H26N4O7. The van der Waals surface area contributed by atoms with Gasteiger partial charge in [0.05, 0.1) is 22.9 Å². The fraction of sp³-hybridized carbons (Fsp3) is 0.214. The van der Waals surface area contributed by atoms with Gasteiger partial charge in [0, 0.05) is 35.1 Å². The van der Waals surface area contributed by atoms with E-state index in [9.17, 15) is 19.5 Å². The molecule has 0 spiro atoms. The zero-order valence-electron chi connectivity index (χ0n) is 21.2. The van der Waals surface area contributed by atoms with Crippen molar-refractivity contribution < 1.29 is 33.8 Å².